The second-order valence-electron chi connectivity index (χ2n) is 7.48. The molecule has 11 heteroatoms. The molecule has 2 fully saturated rings. The van der Waals surface area contributed by atoms with E-state index in [-0.39, 0.29) is 18.1 Å². The number of piperidine rings is 1. The summed E-state index contributed by atoms with van der Waals surface area (Å²) in [5, 5.41) is 19.8. The highest BCUT2D eigenvalue weighted by Crippen LogP contribution is 2.29. The predicted octanol–water partition coefficient (Wildman–Crippen LogP) is 0.948. The predicted molar refractivity (Wildman–Crippen MR) is 111 cm³/mol. The van der Waals surface area contributed by atoms with Gasteiger partial charge in [-0.1, -0.05) is 11.6 Å². The van der Waals surface area contributed by atoms with Crippen LogP contribution in [-0.2, 0) is 14.8 Å². The van der Waals surface area contributed by atoms with Crippen molar-refractivity contribution in [3.8, 4) is 0 Å². The average Bonchev–Trinajstić information content (AvgIpc) is 2.73. The second kappa shape index (κ2) is 10.3. The lowest BCUT2D eigenvalue weighted by atomic mass is 10.0. The van der Waals surface area contributed by atoms with Crippen LogP contribution in [0.3, 0.4) is 0 Å². The number of β-amino-alcohol motifs (C(OH)–C–C–N with tert-alkyl or cyclic N) is 1. The average molecular weight is 462 g/mol. The summed E-state index contributed by atoms with van der Waals surface area (Å²) in [5.41, 5.74) is 0. The molecule has 1 aromatic carbocycles. The van der Waals surface area contributed by atoms with Gasteiger partial charge < -0.3 is 19.8 Å². The minimum atomic E-state index is -3.97. The molecule has 2 aliphatic rings. The van der Waals surface area contributed by atoms with Gasteiger partial charge in [-0.15, -0.1) is 0 Å². The van der Waals surface area contributed by atoms with Crippen molar-refractivity contribution in [1.29, 1.82) is 0 Å². The van der Waals surface area contributed by atoms with Gasteiger partial charge in [0.1, 0.15) is 12.8 Å². The molecule has 9 nitrogen and oxygen atoms in total. The first kappa shape index (κ1) is 23.2. The molecule has 1 aromatic rings. The van der Waals surface area contributed by atoms with Crippen molar-refractivity contribution in [3.63, 3.8) is 0 Å². The van der Waals surface area contributed by atoms with Gasteiger partial charge in [-0.2, -0.15) is 4.31 Å². The summed E-state index contributed by atoms with van der Waals surface area (Å²) in [6.07, 6.45) is -0.228. The minimum absolute atomic E-state index is 0.0316. The third kappa shape index (κ3) is 5.43. The third-order valence-electron chi connectivity index (χ3n) is 5.49. The van der Waals surface area contributed by atoms with E-state index in [1.54, 1.807) is 4.90 Å². The number of piperazine rings is 1. The molecule has 2 atom stereocenters. The lowest BCUT2D eigenvalue weighted by Crippen LogP contribution is -2.53. The van der Waals surface area contributed by atoms with Crippen LogP contribution in [0.15, 0.2) is 29.2 Å². The summed E-state index contributed by atoms with van der Waals surface area (Å²) in [6, 6.07) is 5.11. The molecule has 0 aromatic heterocycles. The highest BCUT2D eigenvalue weighted by molar-refractivity contribution is 7.89. The maximum absolute atomic E-state index is 13.1. The number of hydrogen-bond acceptors (Lipinski definition) is 7. The molecule has 30 heavy (non-hydrogen) atoms. The van der Waals surface area contributed by atoms with Crippen molar-refractivity contribution in [3.05, 3.63) is 29.3 Å². The summed E-state index contributed by atoms with van der Waals surface area (Å²) >= 11 is 5.85. The number of halogens is 1. The molecule has 1 unspecified atom stereocenters. The molecule has 1 amide bonds. The Balaban J connectivity index is 1.64. The number of sulfonamides is 1. The number of carbonyl (C=O) groups excluding carboxylic acids is 1. The fourth-order valence-corrected chi connectivity index (χ4v) is 5.66. The van der Waals surface area contributed by atoms with Gasteiger partial charge in [-0.25, -0.2) is 13.2 Å². The second-order valence-corrected chi connectivity index (χ2v) is 9.76. The SMILES string of the molecule is O=C(OC[C@H]1CCCC(O)N1S(=O)(=O)c1ccc(Cl)cc1)N1CCN(CCO)CC1. The van der Waals surface area contributed by atoms with E-state index in [0.717, 1.165) is 4.31 Å². The molecule has 3 rings (SSSR count). The molecular weight excluding hydrogens is 434 g/mol. The number of benzene rings is 1. The fraction of sp³-hybridized carbons (Fsp3) is 0.632. The topological polar surface area (TPSA) is 111 Å². The van der Waals surface area contributed by atoms with E-state index in [1.807, 2.05) is 0 Å². The largest absolute Gasteiger partial charge is 0.448 e. The van der Waals surface area contributed by atoms with Crippen LogP contribution in [0.1, 0.15) is 19.3 Å². The quantitative estimate of drug-likeness (QED) is 0.648. The number of carbonyl (C=O) groups is 1. The number of aliphatic hydroxyl groups excluding tert-OH is 2. The van der Waals surface area contributed by atoms with E-state index >= 15 is 0 Å². The zero-order valence-corrected chi connectivity index (χ0v) is 18.3. The van der Waals surface area contributed by atoms with Crippen LogP contribution in [0.4, 0.5) is 4.79 Å². The van der Waals surface area contributed by atoms with Gasteiger partial charge in [-0.05, 0) is 43.5 Å². The molecule has 0 bridgehead atoms. The number of aliphatic hydroxyl groups is 2. The van der Waals surface area contributed by atoms with Gasteiger partial charge in [0.15, 0.2) is 0 Å². The standard InChI is InChI=1S/C19H28ClN3O6S/c20-15-4-6-17(7-5-15)30(27,28)23-16(2-1-3-18(23)25)14-29-19(26)22-10-8-21(9-11-22)12-13-24/h4-7,16,18,24-25H,1-3,8-14H2/t16-,18?/m1/s1. The van der Waals surface area contributed by atoms with Crippen molar-refractivity contribution in [2.45, 2.75) is 36.4 Å². The van der Waals surface area contributed by atoms with Gasteiger partial charge in [0.05, 0.1) is 17.5 Å². The molecule has 168 valence electrons. The van der Waals surface area contributed by atoms with Crippen LogP contribution < -0.4 is 0 Å². The van der Waals surface area contributed by atoms with Gasteiger partial charge >= 0.3 is 6.09 Å². The van der Waals surface area contributed by atoms with Gasteiger partial charge in [0, 0.05) is 37.7 Å². The molecule has 2 aliphatic heterocycles. The Hall–Kier alpha value is -1.43. The lowest BCUT2D eigenvalue weighted by Gasteiger charge is -2.38. The van der Waals surface area contributed by atoms with Crippen molar-refractivity contribution in [2.75, 3.05) is 45.9 Å². The molecule has 2 heterocycles. The Morgan fingerprint density at radius 1 is 1.13 bits per heavy atom. The Morgan fingerprint density at radius 2 is 1.80 bits per heavy atom. The number of amides is 1. The van der Waals surface area contributed by atoms with E-state index in [4.69, 9.17) is 21.4 Å². The molecule has 2 saturated heterocycles. The monoisotopic (exact) mass is 461 g/mol. The first-order valence-electron chi connectivity index (χ1n) is 10.0. The third-order valence-corrected chi connectivity index (χ3v) is 7.70. The Bertz CT molecular complexity index is 814. The van der Waals surface area contributed by atoms with Crippen molar-refractivity contribution in [2.24, 2.45) is 0 Å². The summed E-state index contributed by atoms with van der Waals surface area (Å²) in [5.74, 6) is 0. The smallest absolute Gasteiger partial charge is 0.409 e. The minimum Gasteiger partial charge on any atom is -0.448 e. The van der Waals surface area contributed by atoms with Gasteiger partial charge in [0.2, 0.25) is 10.0 Å². The van der Waals surface area contributed by atoms with Gasteiger partial charge in [-0.3, -0.25) is 4.90 Å². The number of ether oxygens (including phenoxy) is 1. The summed E-state index contributed by atoms with van der Waals surface area (Å²) in [4.78, 5) is 16.1. The Morgan fingerprint density at radius 3 is 2.43 bits per heavy atom. The van der Waals surface area contributed by atoms with Crippen LogP contribution >= 0.6 is 11.6 Å². The molecule has 0 aliphatic carbocycles. The first-order valence-corrected chi connectivity index (χ1v) is 11.9. The van der Waals surface area contributed by atoms with E-state index in [1.165, 1.54) is 24.3 Å². The highest BCUT2D eigenvalue weighted by atomic mass is 35.5. The molecule has 2 N–H and O–H groups in total. The van der Waals surface area contributed by atoms with E-state index in [2.05, 4.69) is 4.90 Å². The van der Waals surface area contributed by atoms with Crippen molar-refractivity contribution in [1.82, 2.24) is 14.1 Å². The normalized spacial score (nSPS) is 24.0. The maximum atomic E-state index is 13.1. The van der Waals surface area contributed by atoms with Crippen LogP contribution in [0.25, 0.3) is 0 Å². The fourth-order valence-electron chi connectivity index (χ4n) is 3.83. The van der Waals surface area contributed by atoms with E-state index < -0.39 is 28.4 Å². The summed E-state index contributed by atoms with van der Waals surface area (Å²) < 4.78 is 32.7. The number of rotatable bonds is 6. The molecule has 0 radical (unpaired) electrons. The zero-order valence-electron chi connectivity index (χ0n) is 16.7. The van der Waals surface area contributed by atoms with Crippen LogP contribution in [-0.4, -0.2) is 97.0 Å². The van der Waals surface area contributed by atoms with E-state index in [0.29, 0.717) is 57.0 Å². The Kier molecular flexibility index (Phi) is 7.94. The van der Waals surface area contributed by atoms with Crippen LogP contribution in [0.5, 0.6) is 0 Å². The first-order chi connectivity index (χ1) is 14.3. The molecular formula is C19H28ClN3O6S. The lowest BCUT2D eigenvalue weighted by molar-refractivity contribution is -0.0200. The number of hydrogen-bond donors (Lipinski definition) is 2. The highest BCUT2D eigenvalue weighted by Gasteiger charge is 2.40. The van der Waals surface area contributed by atoms with Crippen LogP contribution in [0.2, 0.25) is 5.02 Å². The number of nitrogens with zero attached hydrogens (tertiary/aromatic N) is 3. The Labute approximate surface area is 181 Å². The van der Waals surface area contributed by atoms with E-state index in [9.17, 15) is 18.3 Å². The zero-order chi connectivity index (χ0) is 21.7. The maximum Gasteiger partial charge on any atom is 0.409 e. The van der Waals surface area contributed by atoms with Crippen molar-refractivity contribution < 1.29 is 28.2 Å². The molecule has 0 saturated carbocycles. The summed E-state index contributed by atoms with van der Waals surface area (Å²) in [6.45, 7) is 2.79. The van der Waals surface area contributed by atoms with Crippen molar-refractivity contribution >= 4 is 27.7 Å². The summed E-state index contributed by atoms with van der Waals surface area (Å²) in [7, 11) is -3.97. The van der Waals surface area contributed by atoms with Crippen LogP contribution in [0, 0.1) is 0 Å². The van der Waals surface area contributed by atoms with Gasteiger partial charge in [0.25, 0.3) is 0 Å². The molecule has 0 spiro atoms.